The van der Waals surface area contributed by atoms with Gasteiger partial charge < -0.3 is 15.2 Å². The van der Waals surface area contributed by atoms with E-state index in [-0.39, 0.29) is 9.13 Å². The molecule has 0 fully saturated rings. The van der Waals surface area contributed by atoms with Crippen molar-refractivity contribution < 1.29 is 23.6 Å². The fourth-order valence-electron chi connectivity index (χ4n) is 1.19. The summed E-state index contributed by atoms with van der Waals surface area (Å²) in [6, 6.07) is 0. The van der Waals surface area contributed by atoms with Gasteiger partial charge in [-0.2, -0.15) is 0 Å². The summed E-state index contributed by atoms with van der Waals surface area (Å²) in [4.78, 5) is 23.5. The smallest absolute Gasteiger partial charge is 0.377 e. The monoisotopic (exact) mass is 358 g/mol. The molecule has 9 heteroatoms. The van der Waals surface area contributed by atoms with E-state index >= 15 is 0 Å². The van der Waals surface area contributed by atoms with Crippen molar-refractivity contribution in [1.82, 2.24) is 4.98 Å². The van der Waals surface area contributed by atoms with Crippen LogP contribution in [0.1, 0.15) is 17.6 Å². The molecule has 0 saturated carbocycles. The Morgan fingerprint density at radius 3 is 2.65 bits per heavy atom. The number of carboxylic acid groups (broad SMARTS) is 1. The molecule has 1 heterocycles. The second-order valence-corrected chi connectivity index (χ2v) is 4.04. The molecule has 92 valence electrons. The second-order valence-electron chi connectivity index (χ2n) is 2.96. The van der Waals surface area contributed by atoms with E-state index in [1.54, 1.807) is 0 Å². The number of carboxylic acids is 1. The maximum Gasteiger partial charge on any atom is 0.377 e. The van der Waals surface area contributed by atoms with Crippen molar-refractivity contribution in [3.05, 3.63) is 31.0 Å². The number of halogens is 3. The number of rotatable bonds is 4. The van der Waals surface area contributed by atoms with Crippen molar-refractivity contribution in [2.45, 2.75) is 12.8 Å². The van der Waals surface area contributed by atoms with Gasteiger partial charge in [0.05, 0.1) is 6.42 Å². The minimum atomic E-state index is -2.99. The number of aromatic nitrogens is 1. The summed E-state index contributed by atoms with van der Waals surface area (Å²) in [5.74, 6) is -2.01. The van der Waals surface area contributed by atoms with Crippen LogP contribution in [0.25, 0.3) is 0 Å². The van der Waals surface area contributed by atoms with Crippen molar-refractivity contribution >= 4 is 34.4 Å². The summed E-state index contributed by atoms with van der Waals surface area (Å²) in [7, 11) is 0. The highest BCUT2D eigenvalue weighted by atomic mass is 127. The Morgan fingerprint density at radius 1 is 1.65 bits per heavy atom. The molecule has 0 aliphatic carbocycles. The largest absolute Gasteiger partial charge is 0.481 e. The van der Waals surface area contributed by atoms with E-state index in [0.717, 1.165) is 6.20 Å². The molecule has 0 aliphatic rings. The van der Waals surface area contributed by atoms with Crippen molar-refractivity contribution in [2.75, 3.05) is 0 Å². The molecule has 0 radical (unpaired) electrons. The number of hydrogen-bond acceptors (Lipinski definition) is 4. The summed E-state index contributed by atoms with van der Waals surface area (Å²) in [6.45, 7) is 0. The maximum absolute atomic E-state index is 12.7. The SMILES string of the molecule is O=C(O)Cc1cnc([N+](=O)[O-])c(I)c1C(F)F. The number of hydrogen-bond donors (Lipinski definition) is 1. The number of aliphatic carboxylic acids is 1. The molecule has 17 heavy (non-hydrogen) atoms. The van der Waals surface area contributed by atoms with Gasteiger partial charge >= 0.3 is 11.8 Å². The Balaban J connectivity index is 3.39. The van der Waals surface area contributed by atoms with Crippen LogP contribution in [0.15, 0.2) is 6.20 Å². The lowest BCUT2D eigenvalue weighted by atomic mass is 10.1. The van der Waals surface area contributed by atoms with Crippen LogP contribution in [0.5, 0.6) is 0 Å². The molecule has 0 saturated heterocycles. The van der Waals surface area contributed by atoms with Gasteiger partial charge in [-0.05, 0) is 32.5 Å². The van der Waals surface area contributed by atoms with Crippen LogP contribution < -0.4 is 0 Å². The van der Waals surface area contributed by atoms with Crippen molar-refractivity contribution in [3.63, 3.8) is 0 Å². The normalized spacial score (nSPS) is 10.6. The fourth-order valence-corrected chi connectivity index (χ4v) is 2.11. The first-order valence-electron chi connectivity index (χ1n) is 4.16. The average Bonchev–Trinajstić information content (AvgIpc) is 2.15. The van der Waals surface area contributed by atoms with Crippen LogP contribution in [-0.4, -0.2) is 21.0 Å². The van der Waals surface area contributed by atoms with Gasteiger partial charge in [-0.15, -0.1) is 0 Å². The van der Waals surface area contributed by atoms with E-state index in [1.807, 2.05) is 0 Å². The summed E-state index contributed by atoms with van der Waals surface area (Å²) in [5.41, 5.74) is -0.864. The third-order valence-corrected chi connectivity index (χ3v) is 2.92. The third kappa shape index (κ3) is 3.05. The van der Waals surface area contributed by atoms with Crippen LogP contribution in [0.4, 0.5) is 14.6 Å². The molecular weight excluding hydrogens is 353 g/mol. The molecule has 0 amide bonds. The minimum absolute atomic E-state index is 0.220. The number of nitro groups is 1. The Hall–Kier alpha value is -1.39. The standard InChI is InChI=1S/C8H5F2IN2O4/c9-7(10)5-3(1-4(14)15)2-12-8(6(5)11)13(16)17/h2,7H,1H2,(H,14,15). The van der Waals surface area contributed by atoms with Gasteiger partial charge in [-0.1, -0.05) is 0 Å². The first kappa shape index (κ1) is 13.7. The van der Waals surface area contributed by atoms with Gasteiger partial charge in [0.2, 0.25) is 0 Å². The molecule has 1 rings (SSSR count). The zero-order chi connectivity index (χ0) is 13.2. The van der Waals surface area contributed by atoms with Gasteiger partial charge in [-0.25, -0.2) is 8.78 Å². The van der Waals surface area contributed by atoms with E-state index in [9.17, 15) is 23.7 Å². The average molecular weight is 358 g/mol. The summed E-state index contributed by atoms with van der Waals surface area (Å²) >= 11 is 1.37. The first-order valence-corrected chi connectivity index (χ1v) is 5.24. The molecule has 0 spiro atoms. The molecule has 0 aliphatic heterocycles. The highest BCUT2D eigenvalue weighted by Gasteiger charge is 2.27. The zero-order valence-corrected chi connectivity index (χ0v) is 10.2. The predicted octanol–water partition coefficient (Wildman–Crippen LogP) is 2.16. The predicted molar refractivity (Wildman–Crippen MR) is 59.9 cm³/mol. The molecule has 1 aromatic heterocycles. The number of pyridine rings is 1. The van der Waals surface area contributed by atoms with Gasteiger partial charge in [0, 0.05) is 11.1 Å². The van der Waals surface area contributed by atoms with E-state index in [1.165, 1.54) is 22.6 Å². The van der Waals surface area contributed by atoms with Crippen LogP contribution in [0.2, 0.25) is 0 Å². The van der Waals surface area contributed by atoms with Gasteiger partial charge in [0.25, 0.3) is 6.43 Å². The first-order chi connectivity index (χ1) is 7.84. The van der Waals surface area contributed by atoms with Crippen LogP contribution in [0, 0.1) is 13.7 Å². The lowest BCUT2D eigenvalue weighted by Crippen LogP contribution is -2.09. The lowest BCUT2D eigenvalue weighted by Gasteiger charge is -2.07. The van der Waals surface area contributed by atoms with E-state index in [4.69, 9.17) is 5.11 Å². The van der Waals surface area contributed by atoms with Crippen LogP contribution >= 0.6 is 22.6 Å². The van der Waals surface area contributed by atoms with Crippen LogP contribution in [-0.2, 0) is 11.2 Å². The molecule has 0 atom stereocenters. The molecule has 0 bridgehead atoms. The molecule has 6 nitrogen and oxygen atoms in total. The van der Waals surface area contributed by atoms with E-state index in [2.05, 4.69) is 4.98 Å². The number of alkyl halides is 2. The van der Waals surface area contributed by atoms with Crippen molar-refractivity contribution in [3.8, 4) is 0 Å². The summed E-state index contributed by atoms with van der Waals surface area (Å²) < 4.78 is 25.1. The maximum atomic E-state index is 12.7. The highest BCUT2D eigenvalue weighted by Crippen LogP contribution is 2.32. The summed E-state index contributed by atoms with van der Waals surface area (Å²) in [6.07, 6.45) is -2.84. The van der Waals surface area contributed by atoms with Crippen molar-refractivity contribution in [1.29, 1.82) is 0 Å². The Bertz CT molecular complexity index is 481. The third-order valence-electron chi connectivity index (χ3n) is 1.85. The molecule has 0 unspecified atom stereocenters. The molecular formula is C8H5F2IN2O4. The van der Waals surface area contributed by atoms with Crippen LogP contribution in [0.3, 0.4) is 0 Å². The van der Waals surface area contributed by atoms with Gasteiger partial charge in [0.15, 0.2) is 0 Å². The topological polar surface area (TPSA) is 93.3 Å². The van der Waals surface area contributed by atoms with Gasteiger partial charge in [0.1, 0.15) is 9.77 Å². The molecule has 1 N–H and O–H groups in total. The minimum Gasteiger partial charge on any atom is -0.481 e. The Labute approximate surface area is 107 Å². The second kappa shape index (κ2) is 5.29. The fraction of sp³-hybridized carbons (Fsp3) is 0.250. The van der Waals surface area contributed by atoms with Crippen molar-refractivity contribution in [2.24, 2.45) is 0 Å². The highest BCUT2D eigenvalue weighted by molar-refractivity contribution is 14.1. The van der Waals surface area contributed by atoms with Gasteiger partial charge in [-0.3, -0.25) is 4.79 Å². The zero-order valence-electron chi connectivity index (χ0n) is 8.06. The Kier molecular flexibility index (Phi) is 4.26. The Morgan fingerprint density at radius 2 is 2.24 bits per heavy atom. The lowest BCUT2D eigenvalue weighted by molar-refractivity contribution is -0.390. The number of nitrogens with zero attached hydrogens (tertiary/aromatic N) is 2. The summed E-state index contributed by atoms with van der Waals surface area (Å²) in [5, 5.41) is 19.0. The molecule has 0 aromatic carbocycles. The van der Waals surface area contributed by atoms with E-state index < -0.39 is 35.1 Å². The quantitative estimate of drug-likeness (QED) is 0.506. The van der Waals surface area contributed by atoms with E-state index in [0.29, 0.717) is 0 Å². The number of carbonyl (C=O) groups is 1. The molecule has 1 aromatic rings.